The number of para-hydroxylation sites is 1. The molecule has 0 saturated heterocycles. The molecule has 0 radical (unpaired) electrons. The molecule has 3 aromatic rings. The fraction of sp³-hybridized carbons (Fsp3) is 0.250. The van der Waals surface area contributed by atoms with Crippen molar-refractivity contribution in [2.45, 2.75) is 31.2 Å². The molecule has 1 atom stereocenters. The van der Waals surface area contributed by atoms with Crippen LogP contribution in [0.1, 0.15) is 29.2 Å². The highest BCUT2D eigenvalue weighted by atomic mass is 32.1. The number of amides is 2. The molecular formula is C28H31N3O4S. The predicted molar refractivity (Wildman–Crippen MR) is 144 cm³/mol. The smallest absolute Gasteiger partial charge is 0.321 e. The zero-order valence-electron chi connectivity index (χ0n) is 21.1. The molecule has 1 heterocycles. The Morgan fingerprint density at radius 2 is 1.81 bits per heavy atom. The van der Waals surface area contributed by atoms with Crippen molar-refractivity contribution >= 4 is 28.8 Å². The Morgan fingerprint density at radius 3 is 2.47 bits per heavy atom. The van der Waals surface area contributed by atoms with Crippen molar-refractivity contribution in [3.8, 4) is 17.2 Å². The Labute approximate surface area is 215 Å². The third-order valence-electron chi connectivity index (χ3n) is 6.27. The largest absolute Gasteiger partial charge is 0.506 e. The van der Waals surface area contributed by atoms with Crippen LogP contribution in [0.15, 0.2) is 70.1 Å². The molecule has 1 unspecified atom stereocenters. The monoisotopic (exact) mass is 505 g/mol. The number of urea groups is 1. The predicted octanol–water partition coefficient (Wildman–Crippen LogP) is 5.38. The van der Waals surface area contributed by atoms with Gasteiger partial charge in [0, 0.05) is 24.9 Å². The Hall–Kier alpha value is -3.78. The molecule has 1 aliphatic heterocycles. The number of nitrogens with one attached hydrogen (secondary N) is 1. The number of carbonyl (C=O) groups is 1. The molecule has 0 bridgehead atoms. The number of phenols is 1. The van der Waals surface area contributed by atoms with Crippen molar-refractivity contribution in [1.29, 1.82) is 0 Å². The third kappa shape index (κ3) is 5.09. The van der Waals surface area contributed by atoms with Crippen molar-refractivity contribution in [2.24, 2.45) is 4.36 Å². The van der Waals surface area contributed by atoms with Gasteiger partial charge in [-0.05, 0) is 72.9 Å². The van der Waals surface area contributed by atoms with Crippen molar-refractivity contribution < 1.29 is 19.4 Å². The van der Waals surface area contributed by atoms with Crippen LogP contribution in [-0.4, -0.2) is 43.3 Å². The highest BCUT2D eigenvalue weighted by molar-refractivity contribution is 7.68. The fourth-order valence-electron chi connectivity index (χ4n) is 4.25. The molecule has 0 fully saturated rings. The summed E-state index contributed by atoms with van der Waals surface area (Å²) in [5.41, 5.74) is 5.52. The molecule has 188 valence electrons. The number of carbonyl (C=O) groups excluding carboxylic acids is 1. The highest BCUT2D eigenvalue weighted by Crippen LogP contribution is 2.39. The molecule has 1 aliphatic rings. The number of aryl methyl sites for hydroxylation is 1. The van der Waals surface area contributed by atoms with Crippen LogP contribution < -0.4 is 14.8 Å². The number of aromatic hydroxyl groups is 1. The van der Waals surface area contributed by atoms with Crippen LogP contribution in [0.5, 0.6) is 17.2 Å². The number of phenolic OH excluding ortho intramolecular Hbond substituents is 1. The van der Waals surface area contributed by atoms with Gasteiger partial charge in [-0.15, -0.1) is 0 Å². The summed E-state index contributed by atoms with van der Waals surface area (Å²) in [6.45, 7) is 3.89. The maximum absolute atomic E-state index is 12.7. The van der Waals surface area contributed by atoms with E-state index in [0.29, 0.717) is 29.5 Å². The summed E-state index contributed by atoms with van der Waals surface area (Å²) in [6, 6.07) is 17.2. The van der Waals surface area contributed by atoms with Crippen LogP contribution in [0, 0.1) is 6.92 Å². The second-order valence-electron chi connectivity index (χ2n) is 8.61. The second kappa shape index (κ2) is 10.9. The molecule has 8 heteroatoms. The quantitative estimate of drug-likeness (QED) is 0.407. The minimum Gasteiger partial charge on any atom is -0.506 e. The second-order valence-corrected chi connectivity index (χ2v) is 9.49. The van der Waals surface area contributed by atoms with Gasteiger partial charge < -0.3 is 19.9 Å². The van der Waals surface area contributed by atoms with Crippen LogP contribution in [0.25, 0.3) is 5.57 Å². The standard InChI is InChI=1S/C28H31N3O4S/c1-17-7-6-8-26(27(17)32)36-30-21-11-9-19(10-12-21)23-16-31(28(33)29-3)18(2)13-20-14-24(34-4)25(35-5)15-22(20)23/h6-12,14-16,18,32,36H,13H2,1-5H3,(H,29,33). The first kappa shape index (κ1) is 25.3. The van der Waals surface area contributed by atoms with Crippen LogP contribution in [0.3, 0.4) is 0 Å². The number of methoxy groups -OCH3 is 2. The average molecular weight is 506 g/mol. The maximum atomic E-state index is 12.7. The van der Waals surface area contributed by atoms with Crippen molar-refractivity contribution in [3.05, 3.63) is 83.1 Å². The van der Waals surface area contributed by atoms with Gasteiger partial charge >= 0.3 is 6.03 Å². The van der Waals surface area contributed by atoms with Gasteiger partial charge in [0.2, 0.25) is 0 Å². The fourth-order valence-corrected chi connectivity index (χ4v) is 5.03. The molecular weight excluding hydrogens is 474 g/mol. The van der Waals surface area contributed by atoms with E-state index in [0.717, 1.165) is 38.4 Å². The van der Waals surface area contributed by atoms with Gasteiger partial charge in [-0.25, -0.2) is 9.16 Å². The minimum atomic E-state index is -0.171. The summed E-state index contributed by atoms with van der Waals surface area (Å²) >= 11 is 0.669. The van der Waals surface area contributed by atoms with Gasteiger partial charge in [-0.2, -0.15) is 0 Å². The number of benzene rings is 3. The summed E-state index contributed by atoms with van der Waals surface area (Å²) < 4.78 is 15.7. The van der Waals surface area contributed by atoms with Crippen LogP contribution in [0.2, 0.25) is 0 Å². The van der Waals surface area contributed by atoms with E-state index < -0.39 is 0 Å². The van der Waals surface area contributed by atoms with Gasteiger partial charge in [-0.3, -0.25) is 4.90 Å². The first-order valence-electron chi connectivity index (χ1n) is 11.6. The molecule has 7 nitrogen and oxygen atoms in total. The summed E-state index contributed by atoms with van der Waals surface area (Å²) in [5, 5.41) is 13.0. The Kier molecular flexibility index (Phi) is 7.64. The number of hydrogen-bond donors (Lipinski definition) is 3. The van der Waals surface area contributed by atoms with E-state index >= 15 is 0 Å². The number of rotatable bonds is 5. The Balaban J connectivity index is 1.76. The van der Waals surface area contributed by atoms with E-state index in [2.05, 4.69) is 9.68 Å². The van der Waals surface area contributed by atoms with E-state index in [1.807, 2.05) is 74.6 Å². The summed E-state index contributed by atoms with van der Waals surface area (Å²) in [7, 11) is 4.87. The summed E-state index contributed by atoms with van der Waals surface area (Å²) in [5.74, 6) is 1.56. The topological polar surface area (TPSA) is 83.4 Å². The number of thiol groups is 1. The third-order valence-corrected chi connectivity index (χ3v) is 7.18. The molecule has 36 heavy (non-hydrogen) atoms. The van der Waals surface area contributed by atoms with E-state index in [1.165, 1.54) is 0 Å². The SMILES string of the molecule is CNC(=O)N1C=C(c2ccc(/N=[SH]/c3cccc(C)c3O)cc2)c2cc(OC)c(OC)cc2CC1C. The molecule has 2 N–H and O–H groups in total. The number of hydrogen-bond acceptors (Lipinski definition) is 5. The zero-order chi connectivity index (χ0) is 25.8. The molecule has 3 aromatic carbocycles. The molecule has 0 saturated carbocycles. The van der Waals surface area contributed by atoms with Crippen LogP contribution >= 0.6 is 0 Å². The molecule has 0 aliphatic carbocycles. The van der Waals surface area contributed by atoms with Crippen molar-refractivity contribution in [1.82, 2.24) is 10.2 Å². The zero-order valence-corrected chi connectivity index (χ0v) is 22.0. The van der Waals surface area contributed by atoms with E-state index in [9.17, 15) is 9.90 Å². The lowest BCUT2D eigenvalue weighted by Crippen LogP contribution is -2.40. The lowest BCUT2D eigenvalue weighted by Gasteiger charge is -2.24. The average Bonchev–Trinajstić information content (AvgIpc) is 3.04. The Morgan fingerprint density at radius 1 is 1.11 bits per heavy atom. The molecule has 0 aromatic heterocycles. The summed E-state index contributed by atoms with van der Waals surface area (Å²) in [6.07, 6.45) is 2.56. The molecule has 4 rings (SSSR count). The van der Waals surface area contributed by atoms with Gasteiger partial charge in [0.25, 0.3) is 0 Å². The van der Waals surface area contributed by atoms with E-state index in [4.69, 9.17) is 9.47 Å². The first-order chi connectivity index (χ1) is 17.4. The van der Waals surface area contributed by atoms with E-state index in [-0.39, 0.29) is 17.8 Å². The first-order valence-corrected chi connectivity index (χ1v) is 12.5. The Bertz CT molecular complexity index is 1340. The lowest BCUT2D eigenvalue weighted by atomic mass is 9.92. The molecule has 0 spiro atoms. The van der Waals surface area contributed by atoms with Gasteiger partial charge in [0.15, 0.2) is 11.5 Å². The minimum absolute atomic E-state index is 0.0608. The van der Waals surface area contributed by atoms with Crippen molar-refractivity contribution in [3.63, 3.8) is 0 Å². The van der Waals surface area contributed by atoms with E-state index in [1.54, 1.807) is 26.2 Å². The lowest BCUT2D eigenvalue weighted by molar-refractivity contribution is 0.205. The number of nitrogens with zero attached hydrogens (tertiary/aromatic N) is 2. The molecule has 2 amide bonds. The number of fused-ring (bicyclic) bond motifs is 1. The maximum Gasteiger partial charge on any atom is 0.321 e. The van der Waals surface area contributed by atoms with Gasteiger partial charge in [0.1, 0.15) is 5.75 Å². The van der Waals surface area contributed by atoms with Crippen LogP contribution in [0.4, 0.5) is 10.5 Å². The van der Waals surface area contributed by atoms with Gasteiger partial charge in [-0.1, -0.05) is 35.8 Å². The van der Waals surface area contributed by atoms with Crippen LogP contribution in [-0.2, 0) is 18.0 Å². The number of ether oxygens (including phenoxy) is 2. The normalized spacial score (nSPS) is 15.4. The van der Waals surface area contributed by atoms with Crippen molar-refractivity contribution in [2.75, 3.05) is 21.3 Å². The highest BCUT2D eigenvalue weighted by Gasteiger charge is 2.26. The summed E-state index contributed by atoms with van der Waals surface area (Å²) in [4.78, 5) is 15.2. The van der Waals surface area contributed by atoms with Gasteiger partial charge in [0.05, 0.1) is 24.8 Å².